The standard InChI is InChI=1S/C27H26O3SSi/c28-31(29,27-19-11-4-12-20-27)30-32(21-24-13-5-1-6-14-24,22-25-15-7-2-8-16-25)23-26-17-9-3-10-18-26/h1-20H,21-23H2. The first-order valence-corrected chi connectivity index (χ1v) is 14.6. The van der Waals surface area contributed by atoms with Crippen molar-refractivity contribution < 1.29 is 12.3 Å². The highest BCUT2D eigenvalue weighted by Gasteiger charge is 2.41. The zero-order chi connectivity index (χ0) is 22.3. The van der Waals surface area contributed by atoms with Crippen LogP contribution in [-0.2, 0) is 32.1 Å². The van der Waals surface area contributed by atoms with Crippen molar-refractivity contribution in [2.24, 2.45) is 0 Å². The fourth-order valence-corrected chi connectivity index (χ4v) is 10.8. The highest BCUT2D eigenvalue weighted by Crippen LogP contribution is 2.28. The van der Waals surface area contributed by atoms with Gasteiger partial charge in [0.05, 0.1) is 4.90 Å². The van der Waals surface area contributed by atoms with Gasteiger partial charge in [0.2, 0.25) is 8.32 Å². The van der Waals surface area contributed by atoms with E-state index >= 15 is 0 Å². The van der Waals surface area contributed by atoms with Gasteiger partial charge in [-0.3, -0.25) is 0 Å². The van der Waals surface area contributed by atoms with Crippen molar-refractivity contribution in [1.82, 2.24) is 0 Å². The molecule has 0 atom stereocenters. The van der Waals surface area contributed by atoms with Gasteiger partial charge in [0.1, 0.15) is 0 Å². The van der Waals surface area contributed by atoms with Gasteiger partial charge in [0, 0.05) is 0 Å². The molecule has 0 amide bonds. The number of hydrogen-bond donors (Lipinski definition) is 0. The molecule has 32 heavy (non-hydrogen) atoms. The zero-order valence-corrected chi connectivity index (χ0v) is 19.6. The van der Waals surface area contributed by atoms with Crippen LogP contribution in [0, 0.1) is 0 Å². The smallest absolute Gasteiger partial charge is 0.287 e. The van der Waals surface area contributed by atoms with Crippen LogP contribution in [0.15, 0.2) is 126 Å². The lowest BCUT2D eigenvalue weighted by Crippen LogP contribution is -2.48. The summed E-state index contributed by atoms with van der Waals surface area (Å²) in [7, 11) is -6.84. The van der Waals surface area contributed by atoms with E-state index in [0.29, 0.717) is 18.1 Å². The van der Waals surface area contributed by atoms with Crippen LogP contribution < -0.4 is 0 Å². The third-order valence-corrected chi connectivity index (χ3v) is 11.7. The summed E-state index contributed by atoms with van der Waals surface area (Å²) < 4.78 is 33.2. The Balaban J connectivity index is 1.80. The van der Waals surface area contributed by atoms with Crippen molar-refractivity contribution in [3.8, 4) is 0 Å². The average Bonchev–Trinajstić information content (AvgIpc) is 2.81. The molecule has 0 aliphatic rings. The maximum atomic E-state index is 13.4. The maximum Gasteiger partial charge on any atom is 0.287 e. The van der Waals surface area contributed by atoms with Crippen LogP contribution in [0.2, 0.25) is 0 Å². The van der Waals surface area contributed by atoms with Crippen LogP contribution in [0.3, 0.4) is 0 Å². The Kier molecular flexibility index (Phi) is 7.00. The van der Waals surface area contributed by atoms with Gasteiger partial charge in [-0.25, -0.2) is 0 Å². The average molecular weight is 459 g/mol. The van der Waals surface area contributed by atoms with Crippen molar-refractivity contribution in [3.05, 3.63) is 138 Å². The van der Waals surface area contributed by atoms with E-state index in [1.807, 2.05) is 60.7 Å². The zero-order valence-electron chi connectivity index (χ0n) is 17.8. The summed E-state index contributed by atoms with van der Waals surface area (Å²) in [6, 6.07) is 40.4. The molecule has 162 valence electrons. The predicted molar refractivity (Wildman–Crippen MR) is 131 cm³/mol. The van der Waals surface area contributed by atoms with Crippen LogP contribution in [-0.4, -0.2) is 16.7 Å². The highest BCUT2D eigenvalue weighted by atomic mass is 32.2. The second-order valence-corrected chi connectivity index (χ2v) is 13.5. The van der Waals surface area contributed by atoms with E-state index in [0.717, 1.165) is 16.7 Å². The van der Waals surface area contributed by atoms with Gasteiger partial charge in [-0.2, -0.15) is 8.42 Å². The molecule has 0 N–H and O–H groups in total. The van der Waals surface area contributed by atoms with E-state index in [1.54, 1.807) is 24.3 Å². The first-order chi connectivity index (χ1) is 15.5. The third-order valence-electron chi connectivity index (χ3n) is 5.43. The molecule has 0 saturated carbocycles. The lowest BCUT2D eigenvalue weighted by molar-refractivity contribution is 0.471. The minimum Gasteiger partial charge on any atom is -0.310 e. The molecule has 0 aliphatic heterocycles. The van der Waals surface area contributed by atoms with Crippen LogP contribution in [0.5, 0.6) is 0 Å². The Morgan fingerprint density at radius 3 is 1.16 bits per heavy atom. The van der Waals surface area contributed by atoms with Gasteiger partial charge >= 0.3 is 0 Å². The molecule has 0 unspecified atom stereocenters. The minimum atomic E-state index is -3.92. The van der Waals surface area contributed by atoms with Gasteiger partial charge in [0.25, 0.3) is 10.1 Å². The minimum absolute atomic E-state index is 0.200. The third kappa shape index (κ3) is 5.82. The molecular formula is C27H26O3SSi. The summed E-state index contributed by atoms with van der Waals surface area (Å²) in [5.41, 5.74) is 3.28. The molecule has 0 radical (unpaired) electrons. The van der Waals surface area contributed by atoms with Gasteiger partial charge in [-0.05, 0) is 47.0 Å². The lowest BCUT2D eigenvalue weighted by atomic mass is 10.2. The van der Waals surface area contributed by atoms with E-state index in [1.165, 1.54) is 0 Å². The molecule has 0 aromatic heterocycles. The van der Waals surface area contributed by atoms with E-state index in [4.69, 9.17) is 3.87 Å². The van der Waals surface area contributed by atoms with Gasteiger partial charge < -0.3 is 3.87 Å². The summed E-state index contributed by atoms with van der Waals surface area (Å²) in [4.78, 5) is 0.200. The largest absolute Gasteiger partial charge is 0.310 e. The first-order valence-electron chi connectivity index (χ1n) is 10.7. The normalized spacial score (nSPS) is 11.9. The molecular weight excluding hydrogens is 432 g/mol. The number of benzene rings is 4. The molecule has 4 aromatic carbocycles. The summed E-state index contributed by atoms with van der Waals surface area (Å²) in [5, 5.41) is 0. The molecule has 0 fully saturated rings. The molecule has 0 bridgehead atoms. The Morgan fingerprint density at radius 2 is 0.812 bits per heavy atom. The Morgan fingerprint density at radius 1 is 0.500 bits per heavy atom. The van der Waals surface area contributed by atoms with Crippen molar-refractivity contribution in [1.29, 1.82) is 0 Å². The van der Waals surface area contributed by atoms with Crippen molar-refractivity contribution in [2.45, 2.75) is 23.0 Å². The van der Waals surface area contributed by atoms with Gasteiger partial charge in [-0.15, -0.1) is 0 Å². The van der Waals surface area contributed by atoms with Gasteiger partial charge in [-0.1, -0.05) is 109 Å². The van der Waals surface area contributed by atoms with Crippen molar-refractivity contribution >= 4 is 18.4 Å². The van der Waals surface area contributed by atoms with Gasteiger partial charge in [0.15, 0.2) is 0 Å². The summed E-state index contributed by atoms with van der Waals surface area (Å²) >= 11 is 0. The van der Waals surface area contributed by atoms with E-state index in [9.17, 15) is 8.42 Å². The molecule has 0 aliphatic carbocycles. The van der Waals surface area contributed by atoms with Crippen molar-refractivity contribution in [2.75, 3.05) is 0 Å². The van der Waals surface area contributed by atoms with E-state index < -0.39 is 18.4 Å². The Bertz CT molecular complexity index is 1110. The molecule has 0 heterocycles. The van der Waals surface area contributed by atoms with Crippen LogP contribution >= 0.6 is 0 Å². The molecule has 0 spiro atoms. The predicted octanol–water partition coefficient (Wildman–Crippen LogP) is 5.68. The second kappa shape index (κ2) is 10.1. The van der Waals surface area contributed by atoms with Crippen LogP contribution in [0.4, 0.5) is 0 Å². The van der Waals surface area contributed by atoms with E-state index in [-0.39, 0.29) is 4.90 Å². The first kappa shape index (κ1) is 22.2. The fraction of sp³-hybridized carbons (Fsp3) is 0.111. The summed E-state index contributed by atoms with van der Waals surface area (Å²) in [6.07, 6.45) is 0. The Labute approximate surface area is 191 Å². The van der Waals surface area contributed by atoms with Crippen LogP contribution in [0.1, 0.15) is 16.7 Å². The quantitative estimate of drug-likeness (QED) is 0.303. The summed E-state index contributed by atoms with van der Waals surface area (Å²) in [6.45, 7) is 0. The summed E-state index contributed by atoms with van der Waals surface area (Å²) in [5.74, 6) is 0. The number of hydrogen-bond acceptors (Lipinski definition) is 3. The number of rotatable bonds is 9. The maximum absolute atomic E-state index is 13.4. The fourth-order valence-electron chi connectivity index (χ4n) is 4.05. The van der Waals surface area contributed by atoms with Crippen LogP contribution in [0.25, 0.3) is 0 Å². The van der Waals surface area contributed by atoms with E-state index in [2.05, 4.69) is 36.4 Å². The SMILES string of the molecule is O=S(=O)(O[Si](Cc1ccccc1)(Cc1ccccc1)Cc1ccccc1)c1ccccc1. The Hall–Kier alpha value is -2.99. The highest BCUT2D eigenvalue weighted by molar-refractivity contribution is 7.87. The molecule has 0 saturated heterocycles. The van der Waals surface area contributed by atoms with Crippen molar-refractivity contribution in [3.63, 3.8) is 0 Å². The molecule has 4 rings (SSSR count). The molecule has 4 aromatic rings. The molecule has 3 nitrogen and oxygen atoms in total. The monoisotopic (exact) mass is 458 g/mol. The molecule has 5 heteroatoms. The second-order valence-electron chi connectivity index (χ2n) is 8.02. The topological polar surface area (TPSA) is 43.4 Å². The lowest BCUT2D eigenvalue weighted by Gasteiger charge is -2.31.